The summed E-state index contributed by atoms with van der Waals surface area (Å²) in [6.07, 6.45) is 0.00582. The number of aromatic nitrogens is 4. The molecular weight excluding hydrogens is 425 g/mol. The molecule has 4 heterocycles. The maximum atomic E-state index is 12.7. The fourth-order valence-electron chi connectivity index (χ4n) is 4.09. The number of nitrogens with zero attached hydrogens (tertiary/aromatic N) is 5. The maximum Gasteiger partial charge on any atom is 0.392 e. The monoisotopic (exact) mass is 448 g/mol. The predicted octanol–water partition coefficient (Wildman–Crippen LogP) is 2.95. The molecule has 8 nitrogen and oxygen atoms in total. The van der Waals surface area contributed by atoms with Gasteiger partial charge in [0.05, 0.1) is 23.5 Å². The molecule has 5 rings (SSSR count). The minimum Gasteiger partial charge on any atom is -0.488 e. The van der Waals surface area contributed by atoms with Crippen LogP contribution in [0.15, 0.2) is 30.6 Å². The number of likely N-dealkylation sites (N-methyl/N-ethyl adjacent to an activating group) is 1. The Balaban J connectivity index is 1.33. The highest BCUT2D eigenvalue weighted by atomic mass is 19.4. The Kier molecular flexibility index (Phi) is 4.88. The summed E-state index contributed by atoms with van der Waals surface area (Å²) in [5, 5.41) is 11.1. The summed E-state index contributed by atoms with van der Waals surface area (Å²) in [4.78, 5) is 14.4. The second kappa shape index (κ2) is 7.51. The molecule has 0 spiro atoms. The Morgan fingerprint density at radius 1 is 1.31 bits per heavy atom. The number of hydrogen-bond acceptors (Lipinski definition) is 5. The molecule has 0 aromatic carbocycles. The molecule has 0 unspecified atom stereocenters. The molecule has 1 aliphatic carbocycles. The van der Waals surface area contributed by atoms with Crippen LogP contribution in [0.2, 0.25) is 0 Å². The highest BCUT2D eigenvalue weighted by molar-refractivity contribution is 5.94. The molecule has 0 bridgehead atoms. The number of fused-ring (bicyclic) bond motifs is 1. The van der Waals surface area contributed by atoms with Crippen molar-refractivity contribution < 1.29 is 22.7 Å². The molecule has 1 saturated carbocycles. The van der Waals surface area contributed by atoms with E-state index in [1.54, 1.807) is 27.7 Å². The van der Waals surface area contributed by atoms with E-state index in [2.05, 4.69) is 27.5 Å². The third-order valence-corrected chi connectivity index (χ3v) is 6.31. The number of carbonyl (C=O) groups excluding carboxylic acids is 1. The Hall–Kier alpha value is -3.08. The van der Waals surface area contributed by atoms with Gasteiger partial charge in [0.25, 0.3) is 0 Å². The lowest BCUT2D eigenvalue weighted by Gasteiger charge is -2.37. The van der Waals surface area contributed by atoms with Gasteiger partial charge in [-0.25, -0.2) is 4.52 Å². The van der Waals surface area contributed by atoms with Crippen molar-refractivity contribution >= 4 is 17.2 Å². The van der Waals surface area contributed by atoms with Crippen molar-refractivity contribution in [1.29, 1.82) is 0 Å². The van der Waals surface area contributed by atoms with Gasteiger partial charge in [-0.3, -0.25) is 14.4 Å². The highest BCUT2D eigenvalue weighted by Gasteiger charge is 2.58. The lowest BCUT2D eigenvalue weighted by molar-refractivity contribution is -0.153. The van der Waals surface area contributed by atoms with E-state index in [0.717, 1.165) is 24.2 Å². The summed E-state index contributed by atoms with van der Waals surface area (Å²) < 4.78 is 47.5. The first-order valence-electron chi connectivity index (χ1n) is 10.4. The number of rotatable bonds is 6. The van der Waals surface area contributed by atoms with Crippen molar-refractivity contribution in [3.63, 3.8) is 0 Å². The van der Waals surface area contributed by atoms with Crippen LogP contribution in [0.1, 0.15) is 12.8 Å². The second-order valence-electron chi connectivity index (χ2n) is 8.51. The number of hydrogen-bond donors (Lipinski definition) is 1. The van der Waals surface area contributed by atoms with Crippen molar-refractivity contribution in [2.75, 3.05) is 25.5 Å². The molecule has 1 N–H and O–H groups in total. The van der Waals surface area contributed by atoms with Gasteiger partial charge in [-0.15, -0.1) is 0 Å². The number of anilines is 1. The smallest absolute Gasteiger partial charge is 0.392 e. The number of carbonyl (C=O) groups is 1. The summed E-state index contributed by atoms with van der Waals surface area (Å²) in [6, 6.07) is 5.76. The number of halogens is 3. The summed E-state index contributed by atoms with van der Waals surface area (Å²) in [5.41, 5.74) is 2.35. The predicted molar refractivity (Wildman–Crippen MR) is 110 cm³/mol. The number of alkyl halides is 3. The molecule has 3 aromatic heterocycles. The summed E-state index contributed by atoms with van der Waals surface area (Å²) in [7, 11) is 3.90. The largest absolute Gasteiger partial charge is 0.488 e. The second-order valence-corrected chi connectivity index (χ2v) is 8.51. The quantitative estimate of drug-likeness (QED) is 0.628. The molecule has 1 aliphatic heterocycles. The van der Waals surface area contributed by atoms with E-state index in [0.29, 0.717) is 23.9 Å². The van der Waals surface area contributed by atoms with Gasteiger partial charge in [-0.05, 0) is 38.6 Å². The van der Waals surface area contributed by atoms with Gasteiger partial charge in [0.15, 0.2) is 11.6 Å². The summed E-state index contributed by atoms with van der Waals surface area (Å²) >= 11 is 0. The van der Waals surface area contributed by atoms with E-state index in [1.165, 1.54) is 0 Å². The summed E-state index contributed by atoms with van der Waals surface area (Å²) in [6.45, 7) is 1.66. The van der Waals surface area contributed by atoms with Crippen molar-refractivity contribution in [2.45, 2.75) is 25.1 Å². The Labute approximate surface area is 181 Å². The van der Waals surface area contributed by atoms with Crippen LogP contribution in [0.5, 0.6) is 5.75 Å². The van der Waals surface area contributed by atoms with Gasteiger partial charge in [0, 0.05) is 30.9 Å². The van der Waals surface area contributed by atoms with Crippen LogP contribution >= 0.6 is 0 Å². The van der Waals surface area contributed by atoms with Crippen LogP contribution in [0.3, 0.4) is 0 Å². The van der Waals surface area contributed by atoms with Crippen molar-refractivity contribution in [3.05, 3.63) is 30.6 Å². The summed E-state index contributed by atoms with van der Waals surface area (Å²) in [5.74, 6) is -2.36. The molecule has 32 heavy (non-hydrogen) atoms. The molecule has 170 valence electrons. The van der Waals surface area contributed by atoms with Gasteiger partial charge in [-0.1, -0.05) is 0 Å². The van der Waals surface area contributed by atoms with Crippen molar-refractivity contribution in [3.8, 4) is 17.0 Å². The van der Waals surface area contributed by atoms with E-state index in [4.69, 9.17) is 4.74 Å². The Bertz CT molecular complexity index is 1170. The Morgan fingerprint density at radius 3 is 2.78 bits per heavy atom. The fourth-order valence-corrected chi connectivity index (χ4v) is 4.09. The zero-order valence-corrected chi connectivity index (χ0v) is 17.6. The lowest BCUT2D eigenvalue weighted by Crippen LogP contribution is -2.48. The van der Waals surface area contributed by atoms with E-state index in [9.17, 15) is 18.0 Å². The third-order valence-electron chi connectivity index (χ3n) is 6.31. The number of likely N-dealkylation sites (tertiary alicyclic amines) is 1. The standard InChI is InChI=1S/C21H23F3N6O2/c1-28-5-4-13(28)11-32-17-10-25-29(2)19(17)12-3-6-30-14(7-12)8-18(27-30)26-20(31)15-9-16(15)21(22,23)24/h3,6-8,10,13,15-16H,4-5,9,11H2,1-2H3,(H,26,27,31)/t13-,15-,16-/m1/s1. The number of amides is 1. The first-order chi connectivity index (χ1) is 15.2. The van der Waals surface area contributed by atoms with E-state index >= 15 is 0 Å². The van der Waals surface area contributed by atoms with Gasteiger partial charge in [0.2, 0.25) is 5.91 Å². The topological polar surface area (TPSA) is 76.7 Å². The van der Waals surface area contributed by atoms with Crippen molar-refractivity contribution in [1.82, 2.24) is 24.3 Å². The van der Waals surface area contributed by atoms with Crippen molar-refractivity contribution in [2.24, 2.45) is 18.9 Å². The molecule has 2 aliphatic rings. The van der Waals surface area contributed by atoms with Crippen LogP contribution in [-0.4, -0.2) is 62.6 Å². The molecule has 1 amide bonds. The normalized spacial score (nSPS) is 23.2. The minimum absolute atomic E-state index is 0.174. The molecule has 1 saturated heterocycles. The minimum atomic E-state index is -4.34. The SMILES string of the molecule is CN1CC[C@@H]1COc1cnn(C)c1-c1ccn2nc(NC(=O)[C@@H]3C[C@H]3C(F)(F)F)cc2c1. The Morgan fingerprint density at radius 2 is 2.12 bits per heavy atom. The van der Waals surface area contributed by atoms with Crippen LogP contribution < -0.4 is 10.1 Å². The zero-order valence-electron chi connectivity index (χ0n) is 17.6. The lowest BCUT2D eigenvalue weighted by atomic mass is 10.1. The van der Waals surface area contributed by atoms with Gasteiger partial charge >= 0.3 is 6.18 Å². The number of pyridine rings is 1. The molecule has 11 heteroatoms. The van der Waals surface area contributed by atoms with E-state index < -0.39 is 23.9 Å². The number of ether oxygens (including phenoxy) is 1. The van der Waals surface area contributed by atoms with E-state index in [1.807, 2.05) is 19.2 Å². The average Bonchev–Trinajstić information content (AvgIpc) is 3.35. The molecule has 3 atom stereocenters. The van der Waals surface area contributed by atoms with Crippen LogP contribution in [0.4, 0.5) is 19.0 Å². The van der Waals surface area contributed by atoms with Crippen LogP contribution in [0, 0.1) is 11.8 Å². The fraction of sp³-hybridized carbons (Fsp3) is 0.476. The van der Waals surface area contributed by atoms with E-state index in [-0.39, 0.29) is 12.2 Å². The van der Waals surface area contributed by atoms with Crippen LogP contribution in [0.25, 0.3) is 16.8 Å². The molecule has 3 aromatic rings. The van der Waals surface area contributed by atoms with Crippen LogP contribution in [-0.2, 0) is 11.8 Å². The molecule has 2 fully saturated rings. The maximum absolute atomic E-state index is 12.7. The van der Waals surface area contributed by atoms with Gasteiger partial charge in [0.1, 0.15) is 12.3 Å². The number of aryl methyl sites for hydroxylation is 1. The average molecular weight is 448 g/mol. The van der Waals surface area contributed by atoms with Gasteiger partial charge < -0.3 is 10.1 Å². The highest BCUT2D eigenvalue weighted by Crippen LogP contribution is 2.50. The number of nitrogens with one attached hydrogen (secondary N) is 1. The molecular formula is C21H23F3N6O2. The first-order valence-corrected chi connectivity index (χ1v) is 10.4. The molecule has 0 radical (unpaired) electrons. The first kappa shape index (κ1) is 20.8. The zero-order chi connectivity index (χ0) is 22.6. The third kappa shape index (κ3) is 3.81. The van der Waals surface area contributed by atoms with Gasteiger partial charge in [-0.2, -0.15) is 23.4 Å².